The van der Waals surface area contributed by atoms with Gasteiger partial charge in [-0.3, -0.25) is 4.79 Å². The van der Waals surface area contributed by atoms with E-state index in [0.29, 0.717) is 18.2 Å². The molecule has 48 valence electrons. The van der Waals surface area contributed by atoms with Crippen molar-refractivity contribution in [3.63, 3.8) is 0 Å². The van der Waals surface area contributed by atoms with Crippen molar-refractivity contribution in [3.8, 4) is 0 Å². The number of hydrogen-bond acceptors (Lipinski definition) is 1. The van der Waals surface area contributed by atoms with Crippen molar-refractivity contribution in [2.24, 2.45) is 0 Å². The minimum atomic E-state index is 0.354. The van der Waals surface area contributed by atoms with Crippen molar-refractivity contribution in [2.45, 2.75) is 0 Å². The Labute approximate surface area is 53.2 Å². The van der Waals surface area contributed by atoms with Gasteiger partial charge in [0, 0.05) is 5.57 Å². The van der Waals surface area contributed by atoms with Crippen LogP contribution in [0.3, 0.4) is 0 Å². The third-order valence-electron chi connectivity index (χ3n) is 0.733. The molecule has 1 nitrogen and oxygen atoms in total. The van der Waals surface area contributed by atoms with Gasteiger partial charge in [-0.2, -0.15) is 0 Å². The van der Waals surface area contributed by atoms with Gasteiger partial charge in [0.15, 0.2) is 0 Å². The second-order valence-corrected chi connectivity index (χ2v) is 1.31. The summed E-state index contributed by atoms with van der Waals surface area (Å²) in [6.07, 6.45) is 4.78. The molecule has 0 aromatic rings. The van der Waals surface area contributed by atoms with Gasteiger partial charge in [0.25, 0.3) is 0 Å². The summed E-state index contributed by atoms with van der Waals surface area (Å²) in [5, 5.41) is 0. The van der Waals surface area contributed by atoms with Crippen LogP contribution in [0.5, 0.6) is 0 Å². The van der Waals surface area contributed by atoms with Crippen molar-refractivity contribution in [2.75, 3.05) is 0 Å². The van der Waals surface area contributed by atoms with E-state index in [1.165, 1.54) is 12.2 Å². The van der Waals surface area contributed by atoms with Gasteiger partial charge in [0.05, 0.1) is 6.33 Å². The maximum Gasteiger partial charge on any atom is 0.150 e. The normalized spacial score (nSPS) is 11.9. The number of carbonyl (C=O) groups excluding carboxylic acids is 1. The first-order valence-corrected chi connectivity index (χ1v) is 2.39. The molecule has 0 aliphatic rings. The average Bonchev–Trinajstić information content (AvgIpc) is 1.91. The minimum Gasteiger partial charge on any atom is -0.298 e. The molecule has 0 spiro atoms. The zero-order chi connectivity index (χ0) is 7.11. The Hall–Kier alpha value is -1.18. The largest absolute Gasteiger partial charge is 0.298 e. The number of aldehydes is 1. The first kappa shape index (κ1) is 7.82. The SMILES string of the molecule is C=C/C(C=O)=C\C=C\F. The Bertz CT molecular complexity index is 146. The van der Waals surface area contributed by atoms with Gasteiger partial charge < -0.3 is 0 Å². The van der Waals surface area contributed by atoms with Crippen LogP contribution in [0.4, 0.5) is 4.39 Å². The maximum atomic E-state index is 11.3. The number of allylic oxidation sites excluding steroid dienone is 4. The van der Waals surface area contributed by atoms with Gasteiger partial charge in [0.2, 0.25) is 0 Å². The standard InChI is InChI=1S/C7H7FO/c1-2-7(6-9)4-3-5-8/h2-6H,1H2/b5-3+,7-4+. The van der Waals surface area contributed by atoms with Crippen LogP contribution in [-0.2, 0) is 4.79 Å². The van der Waals surface area contributed by atoms with Crippen molar-refractivity contribution in [1.82, 2.24) is 0 Å². The van der Waals surface area contributed by atoms with Crippen molar-refractivity contribution in [3.05, 3.63) is 36.7 Å². The summed E-state index contributed by atoms with van der Waals surface area (Å²) >= 11 is 0. The first-order valence-electron chi connectivity index (χ1n) is 2.39. The van der Waals surface area contributed by atoms with Crippen LogP contribution in [0.2, 0.25) is 0 Å². The highest BCUT2D eigenvalue weighted by Gasteiger charge is 1.80. The molecule has 0 aromatic carbocycles. The molecule has 0 aliphatic carbocycles. The number of carbonyl (C=O) groups is 1. The van der Waals surface area contributed by atoms with Gasteiger partial charge in [-0.25, -0.2) is 4.39 Å². The molecular formula is C7H7FO. The van der Waals surface area contributed by atoms with Gasteiger partial charge in [0.1, 0.15) is 6.29 Å². The van der Waals surface area contributed by atoms with Crippen LogP contribution in [0.15, 0.2) is 36.7 Å². The topological polar surface area (TPSA) is 17.1 Å². The van der Waals surface area contributed by atoms with E-state index in [4.69, 9.17) is 0 Å². The van der Waals surface area contributed by atoms with Crippen molar-refractivity contribution >= 4 is 6.29 Å². The molecule has 0 bridgehead atoms. The highest BCUT2D eigenvalue weighted by atomic mass is 19.1. The van der Waals surface area contributed by atoms with Crippen LogP contribution in [0.25, 0.3) is 0 Å². The van der Waals surface area contributed by atoms with Gasteiger partial charge >= 0.3 is 0 Å². The maximum absolute atomic E-state index is 11.3. The average molecular weight is 126 g/mol. The van der Waals surface area contributed by atoms with E-state index < -0.39 is 0 Å². The highest BCUT2D eigenvalue weighted by Crippen LogP contribution is 1.90. The van der Waals surface area contributed by atoms with Gasteiger partial charge in [-0.05, 0) is 12.2 Å². The molecule has 0 atom stereocenters. The van der Waals surface area contributed by atoms with Crippen LogP contribution < -0.4 is 0 Å². The lowest BCUT2D eigenvalue weighted by molar-refractivity contribution is -0.104. The van der Waals surface area contributed by atoms with E-state index in [2.05, 4.69) is 6.58 Å². The van der Waals surface area contributed by atoms with Crippen LogP contribution in [-0.4, -0.2) is 6.29 Å². The third-order valence-corrected chi connectivity index (χ3v) is 0.733. The summed E-state index contributed by atoms with van der Waals surface area (Å²) in [6, 6.07) is 0. The fourth-order valence-corrected chi connectivity index (χ4v) is 0.303. The molecule has 0 aromatic heterocycles. The van der Waals surface area contributed by atoms with Crippen LogP contribution in [0, 0.1) is 0 Å². The molecular weight excluding hydrogens is 119 g/mol. The van der Waals surface area contributed by atoms with Crippen molar-refractivity contribution in [1.29, 1.82) is 0 Å². The predicted molar refractivity (Wildman–Crippen MR) is 34.6 cm³/mol. The molecule has 0 amide bonds. The minimum absolute atomic E-state index is 0.354. The molecule has 0 heterocycles. The second kappa shape index (κ2) is 4.97. The predicted octanol–water partition coefficient (Wildman–Crippen LogP) is 1.78. The summed E-state index contributed by atoms with van der Waals surface area (Å²) < 4.78 is 11.3. The monoisotopic (exact) mass is 126 g/mol. The quantitative estimate of drug-likeness (QED) is 0.320. The first-order chi connectivity index (χ1) is 4.35. The van der Waals surface area contributed by atoms with E-state index >= 15 is 0 Å². The molecule has 0 aliphatic heterocycles. The fourth-order valence-electron chi connectivity index (χ4n) is 0.303. The summed E-state index contributed by atoms with van der Waals surface area (Å²) in [6.45, 7) is 3.33. The zero-order valence-corrected chi connectivity index (χ0v) is 4.88. The van der Waals surface area contributed by atoms with Crippen LogP contribution in [0.1, 0.15) is 0 Å². The molecule has 9 heavy (non-hydrogen) atoms. The molecule has 2 heteroatoms. The fraction of sp³-hybridized carbons (Fsp3) is 0. The van der Waals surface area contributed by atoms with E-state index in [1.54, 1.807) is 0 Å². The molecule has 0 unspecified atom stereocenters. The molecule has 0 saturated heterocycles. The Kier molecular flexibility index (Phi) is 4.32. The summed E-state index contributed by atoms with van der Waals surface area (Å²) in [5.41, 5.74) is 0.365. The number of hydrogen-bond donors (Lipinski definition) is 0. The third kappa shape index (κ3) is 3.41. The molecule has 0 fully saturated rings. The lowest BCUT2D eigenvalue weighted by Gasteiger charge is -1.79. The lowest BCUT2D eigenvalue weighted by Crippen LogP contribution is -1.74. The lowest BCUT2D eigenvalue weighted by atomic mass is 10.3. The zero-order valence-electron chi connectivity index (χ0n) is 4.88. The smallest absolute Gasteiger partial charge is 0.150 e. The molecule has 0 rings (SSSR count). The molecule has 0 saturated carbocycles. The van der Waals surface area contributed by atoms with Gasteiger partial charge in [-0.15, -0.1) is 0 Å². The van der Waals surface area contributed by atoms with E-state index in [9.17, 15) is 9.18 Å². The van der Waals surface area contributed by atoms with E-state index in [0.717, 1.165) is 6.08 Å². The summed E-state index contributed by atoms with van der Waals surface area (Å²) in [4.78, 5) is 9.95. The van der Waals surface area contributed by atoms with E-state index in [1.807, 2.05) is 0 Å². The van der Waals surface area contributed by atoms with Crippen LogP contribution >= 0.6 is 0 Å². The summed E-state index contributed by atoms with van der Waals surface area (Å²) in [5.74, 6) is 0. The Morgan fingerprint density at radius 2 is 2.22 bits per heavy atom. The summed E-state index contributed by atoms with van der Waals surface area (Å²) in [7, 11) is 0. The van der Waals surface area contributed by atoms with Gasteiger partial charge in [-0.1, -0.05) is 12.7 Å². The number of rotatable bonds is 3. The van der Waals surface area contributed by atoms with E-state index in [-0.39, 0.29) is 0 Å². The molecule has 0 N–H and O–H groups in total. The van der Waals surface area contributed by atoms with Crippen molar-refractivity contribution < 1.29 is 9.18 Å². The second-order valence-electron chi connectivity index (χ2n) is 1.31. The highest BCUT2D eigenvalue weighted by molar-refractivity contribution is 5.77. The Morgan fingerprint density at radius 1 is 1.56 bits per heavy atom. The molecule has 0 radical (unpaired) electrons. The number of halogens is 1. The Morgan fingerprint density at radius 3 is 2.56 bits per heavy atom. The Balaban J connectivity index is 4.06.